The third-order valence-corrected chi connectivity index (χ3v) is 3.42. The van der Waals surface area contributed by atoms with E-state index in [0.29, 0.717) is 19.6 Å². The van der Waals surface area contributed by atoms with Crippen molar-refractivity contribution in [2.75, 3.05) is 12.8 Å². The van der Waals surface area contributed by atoms with Crippen LogP contribution in [-0.2, 0) is 23.1 Å². The van der Waals surface area contributed by atoms with E-state index in [1.807, 2.05) is 10.7 Å². The number of nitrogens with zero attached hydrogens (tertiary/aromatic N) is 3. The predicted octanol–water partition coefficient (Wildman–Crippen LogP) is -0.342. The summed E-state index contributed by atoms with van der Waals surface area (Å²) in [6, 6.07) is 1.84. The van der Waals surface area contributed by atoms with E-state index in [0.717, 1.165) is 5.69 Å². The quantitative estimate of drug-likeness (QED) is 0.624. The van der Waals surface area contributed by atoms with Crippen LogP contribution >= 0.6 is 0 Å². The summed E-state index contributed by atoms with van der Waals surface area (Å²) in [4.78, 5) is 0. The Balaban J connectivity index is 2.27. The first-order chi connectivity index (χ1) is 6.07. The molecule has 72 valence electrons. The number of sulfonamides is 1. The van der Waals surface area contributed by atoms with Gasteiger partial charge in [-0.1, -0.05) is 0 Å². The van der Waals surface area contributed by atoms with Crippen LogP contribution in [0.25, 0.3) is 0 Å². The molecule has 0 N–H and O–H groups in total. The van der Waals surface area contributed by atoms with Crippen LogP contribution in [-0.4, -0.2) is 35.3 Å². The van der Waals surface area contributed by atoms with E-state index in [1.165, 1.54) is 10.6 Å². The van der Waals surface area contributed by atoms with Gasteiger partial charge < -0.3 is 0 Å². The molecule has 13 heavy (non-hydrogen) atoms. The van der Waals surface area contributed by atoms with Gasteiger partial charge in [-0.15, -0.1) is 0 Å². The highest BCUT2D eigenvalue weighted by molar-refractivity contribution is 7.88. The zero-order chi connectivity index (χ0) is 9.47. The molecule has 2 rings (SSSR count). The summed E-state index contributed by atoms with van der Waals surface area (Å²) in [6.07, 6.45) is 2.93. The largest absolute Gasteiger partial charge is 0.267 e. The van der Waals surface area contributed by atoms with E-state index in [9.17, 15) is 8.42 Å². The molecule has 0 aliphatic carbocycles. The third kappa shape index (κ3) is 1.59. The maximum atomic E-state index is 11.2. The van der Waals surface area contributed by atoms with Crippen molar-refractivity contribution >= 4 is 10.0 Å². The predicted molar refractivity (Wildman–Crippen MR) is 47.5 cm³/mol. The van der Waals surface area contributed by atoms with Gasteiger partial charge in [-0.2, -0.15) is 9.40 Å². The van der Waals surface area contributed by atoms with Gasteiger partial charge in [0.2, 0.25) is 10.0 Å². The Labute approximate surface area is 77.0 Å². The zero-order valence-electron chi connectivity index (χ0n) is 7.34. The third-order valence-electron chi connectivity index (χ3n) is 2.17. The van der Waals surface area contributed by atoms with Crippen molar-refractivity contribution in [1.82, 2.24) is 14.1 Å². The van der Waals surface area contributed by atoms with Gasteiger partial charge in [-0.25, -0.2) is 8.42 Å². The monoisotopic (exact) mass is 201 g/mol. The van der Waals surface area contributed by atoms with Crippen LogP contribution < -0.4 is 0 Å². The Kier molecular flexibility index (Phi) is 1.88. The minimum Gasteiger partial charge on any atom is -0.267 e. The Bertz CT molecular complexity index is 409. The van der Waals surface area contributed by atoms with E-state index >= 15 is 0 Å². The molecule has 0 bridgehead atoms. The van der Waals surface area contributed by atoms with Crippen LogP contribution in [0.1, 0.15) is 5.69 Å². The molecule has 1 aliphatic rings. The van der Waals surface area contributed by atoms with Crippen molar-refractivity contribution in [3.05, 3.63) is 18.0 Å². The number of fused-ring (bicyclic) bond motifs is 1. The summed E-state index contributed by atoms with van der Waals surface area (Å²) < 4.78 is 25.7. The molecule has 1 aromatic heterocycles. The second-order valence-electron chi connectivity index (χ2n) is 3.14. The van der Waals surface area contributed by atoms with Crippen molar-refractivity contribution in [3.63, 3.8) is 0 Å². The summed E-state index contributed by atoms with van der Waals surface area (Å²) in [6.45, 7) is 1.61. The molecule has 0 saturated heterocycles. The van der Waals surface area contributed by atoms with Crippen LogP contribution in [0.4, 0.5) is 0 Å². The van der Waals surface area contributed by atoms with Crippen LogP contribution in [0.15, 0.2) is 12.3 Å². The fourth-order valence-electron chi connectivity index (χ4n) is 1.44. The molecule has 0 radical (unpaired) electrons. The second-order valence-corrected chi connectivity index (χ2v) is 5.12. The molecule has 0 saturated carbocycles. The molecular formula is C7H11N3O2S. The van der Waals surface area contributed by atoms with Crippen LogP contribution in [0.2, 0.25) is 0 Å². The minimum absolute atomic E-state index is 0.443. The standard InChI is InChI=1S/C7H11N3O2S/c1-13(11,12)9-4-5-10-7(6-9)2-3-8-10/h2-3H,4-6H2,1H3. The first-order valence-electron chi connectivity index (χ1n) is 4.03. The number of aromatic nitrogens is 2. The minimum atomic E-state index is -3.05. The highest BCUT2D eigenvalue weighted by Gasteiger charge is 2.22. The highest BCUT2D eigenvalue weighted by Crippen LogP contribution is 2.13. The van der Waals surface area contributed by atoms with E-state index in [-0.39, 0.29) is 0 Å². The first-order valence-corrected chi connectivity index (χ1v) is 5.88. The van der Waals surface area contributed by atoms with Crippen molar-refractivity contribution in [2.45, 2.75) is 13.1 Å². The number of hydrogen-bond acceptors (Lipinski definition) is 3. The van der Waals surface area contributed by atoms with Gasteiger partial charge in [-0.3, -0.25) is 4.68 Å². The molecule has 2 heterocycles. The Morgan fingerprint density at radius 1 is 1.46 bits per heavy atom. The Morgan fingerprint density at radius 2 is 2.23 bits per heavy atom. The van der Waals surface area contributed by atoms with E-state index in [1.54, 1.807) is 6.20 Å². The molecule has 0 aromatic carbocycles. The molecule has 6 heteroatoms. The molecule has 0 fully saturated rings. The molecule has 1 aromatic rings. The number of hydrogen-bond donors (Lipinski definition) is 0. The smallest absolute Gasteiger partial charge is 0.211 e. The van der Waals surface area contributed by atoms with Gasteiger partial charge in [0.25, 0.3) is 0 Å². The molecular weight excluding hydrogens is 190 g/mol. The van der Waals surface area contributed by atoms with Gasteiger partial charge in [0, 0.05) is 12.7 Å². The molecule has 0 unspecified atom stereocenters. The highest BCUT2D eigenvalue weighted by atomic mass is 32.2. The van der Waals surface area contributed by atoms with Gasteiger partial charge >= 0.3 is 0 Å². The van der Waals surface area contributed by atoms with Gasteiger partial charge in [0.05, 0.1) is 25.0 Å². The fraction of sp³-hybridized carbons (Fsp3) is 0.571. The molecule has 1 aliphatic heterocycles. The lowest BCUT2D eigenvalue weighted by molar-refractivity contribution is 0.329. The van der Waals surface area contributed by atoms with Gasteiger partial charge in [0.1, 0.15) is 0 Å². The SMILES string of the molecule is CS(=O)(=O)N1CCn2nccc2C1. The summed E-state index contributed by atoms with van der Waals surface area (Å²) in [5.41, 5.74) is 0.955. The Morgan fingerprint density at radius 3 is 2.92 bits per heavy atom. The zero-order valence-corrected chi connectivity index (χ0v) is 8.16. The van der Waals surface area contributed by atoms with E-state index < -0.39 is 10.0 Å². The van der Waals surface area contributed by atoms with E-state index in [2.05, 4.69) is 5.10 Å². The van der Waals surface area contributed by atoms with Crippen molar-refractivity contribution in [2.24, 2.45) is 0 Å². The maximum absolute atomic E-state index is 11.2. The topological polar surface area (TPSA) is 55.2 Å². The fourth-order valence-corrected chi connectivity index (χ4v) is 2.22. The van der Waals surface area contributed by atoms with Crippen LogP contribution in [0.3, 0.4) is 0 Å². The summed E-state index contributed by atoms with van der Waals surface area (Å²) in [5, 5.41) is 4.07. The van der Waals surface area contributed by atoms with Crippen molar-refractivity contribution in [3.8, 4) is 0 Å². The normalized spacial score (nSPS) is 18.5. The Hall–Kier alpha value is -0.880. The first kappa shape index (κ1) is 8.71. The molecule has 0 amide bonds. The maximum Gasteiger partial charge on any atom is 0.211 e. The van der Waals surface area contributed by atoms with Crippen molar-refractivity contribution < 1.29 is 8.42 Å². The van der Waals surface area contributed by atoms with Crippen LogP contribution in [0.5, 0.6) is 0 Å². The lowest BCUT2D eigenvalue weighted by atomic mass is 10.3. The number of rotatable bonds is 1. The van der Waals surface area contributed by atoms with Crippen molar-refractivity contribution in [1.29, 1.82) is 0 Å². The summed E-state index contributed by atoms with van der Waals surface area (Å²) in [7, 11) is -3.05. The van der Waals surface area contributed by atoms with Crippen LogP contribution in [0, 0.1) is 0 Å². The average Bonchev–Trinajstić information content (AvgIpc) is 2.47. The summed E-state index contributed by atoms with van der Waals surface area (Å²) in [5.74, 6) is 0. The average molecular weight is 201 g/mol. The molecule has 0 atom stereocenters. The summed E-state index contributed by atoms with van der Waals surface area (Å²) >= 11 is 0. The lowest BCUT2D eigenvalue weighted by Gasteiger charge is -2.25. The van der Waals surface area contributed by atoms with Gasteiger partial charge in [-0.05, 0) is 6.07 Å². The molecule has 0 spiro atoms. The lowest BCUT2D eigenvalue weighted by Crippen LogP contribution is -2.37. The second kappa shape index (κ2) is 2.81. The van der Waals surface area contributed by atoms with Gasteiger partial charge in [0.15, 0.2) is 0 Å². The van der Waals surface area contributed by atoms with E-state index in [4.69, 9.17) is 0 Å². The molecule has 5 nitrogen and oxygen atoms in total.